The van der Waals surface area contributed by atoms with Crippen molar-refractivity contribution in [3.05, 3.63) is 29.8 Å². The molecule has 132 valence electrons. The van der Waals surface area contributed by atoms with Gasteiger partial charge in [0.2, 0.25) is 0 Å². The molecule has 2 unspecified atom stereocenters. The molecular formula is C18H25FN2O3. The zero-order valence-electron chi connectivity index (χ0n) is 14.5. The van der Waals surface area contributed by atoms with Gasteiger partial charge in [-0.3, -0.25) is 4.98 Å². The van der Waals surface area contributed by atoms with Crippen molar-refractivity contribution >= 4 is 6.09 Å². The van der Waals surface area contributed by atoms with E-state index in [0.29, 0.717) is 18.4 Å². The third-order valence-corrected chi connectivity index (χ3v) is 4.85. The summed E-state index contributed by atoms with van der Waals surface area (Å²) in [5.74, 6) is -0.458. The molecule has 0 radical (unpaired) electrons. The molecule has 6 heteroatoms. The van der Waals surface area contributed by atoms with E-state index in [4.69, 9.17) is 4.74 Å². The normalized spacial score (nSPS) is 30.1. The molecule has 1 amide bonds. The van der Waals surface area contributed by atoms with E-state index in [1.807, 2.05) is 20.8 Å². The number of amides is 1. The summed E-state index contributed by atoms with van der Waals surface area (Å²) in [5.41, 5.74) is -1.21. The predicted molar refractivity (Wildman–Crippen MR) is 86.8 cm³/mol. The van der Waals surface area contributed by atoms with Crippen LogP contribution in [-0.2, 0) is 10.3 Å². The van der Waals surface area contributed by atoms with E-state index in [2.05, 4.69) is 4.98 Å². The molecule has 0 spiro atoms. The maximum absolute atomic E-state index is 13.5. The summed E-state index contributed by atoms with van der Waals surface area (Å²) >= 11 is 0. The number of carbonyl (C=O) groups excluding carboxylic acids is 1. The molecule has 0 aliphatic carbocycles. The van der Waals surface area contributed by atoms with Crippen molar-refractivity contribution in [3.63, 3.8) is 0 Å². The first kappa shape index (κ1) is 17.1. The maximum atomic E-state index is 13.5. The van der Waals surface area contributed by atoms with Crippen molar-refractivity contribution in [2.75, 3.05) is 0 Å². The van der Waals surface area contributed by atoms with E-state index in [9.17, 15) is 14.3 Å². The lowest BCUT2D eigenvalue weighted by atomic mass is 9.73. The van der Waals surface area contributed by atoms with Gasteiger partial charge in [0.1, 0.15) is 11.4 Å². The number of rotatable bonds is 1. The second kappa shape index (κ2) is 5.99. The number of pyridine rings is 1. The van der Waals surface area contributed by atoms with Gasteiger partial charge in [-0.15, -0.1) is 0 Å². The van der Waals surface area contributed by atoms with Crippen molar-refractivity contribution in [1.29, 1.82) is 0 Å². The van der Waals surface area contributed by atoms with Crippen molar-refractivity contribution < 1.29 is 19.0 Å². The molecule has 3 rings (SSSR count). The van der Waals surface area contributed by atoms with E-state index in [-0.39, 0.29) is 18.2 Å². The van der Waals surface area contributed by atoms with Crippen molar-refractivity contribution in [3.8, 4) is 0 Å². The fraction of sp³-hybridized carbons (Fsp3) is 0.667. The number of ether oxygens (including phenoxy) is 1. The average molecular weight is 336 g/mol. The first-order valence-electron chi connectivity index (χ1n) is 8.53. The van der Waals surface area contributed by atoms with Crippen LogP contribution in [-0.4, -0.2) is 38.8 Å². The summed E-state index contributed by atoms with van der Waals surface area (Å²) in [5, 5.41) is 11.1. The van der Waals surface area contributed by atoms with E-state index in [1.165, 1.54) is 12.3 Å². The molecule has 3 heterocycles. The van der Waals surface area contributed by atoms with E-state index < -0.39 is 17.0 Å². The number of carbonyl (C=O) groups is 1. The van der Waals surface area contributed by atoms with Gasteiger partial charge in [0.25, 0.3) is 0 Å². The molecule has 2 atom stereocenters. The van der Waals surface area contributed by atoms with Gasteiger partial charge in [0, 0.05) is 36.7 Å². The number of aromatic nitrogens is 1. The second-order valence-electron chi connectivity index (χ2n) is 7.96. The topological polar surface area (TPSA) is 62.7 Å². The quantitative estimate of drug-likeness (QED) is 0.854. The van der Waals surface area contributed by atoms with E-state index >= 15 is 0 Å². The number of nitrogens with zero attached hydrogens (tertiary/aromatic N) is 2. The van der Waals surface area contributed by atoms with Crippen LogP contribution in [0.4, 0.5) is 9.18 Å². The Balaban J connectivity index is 1.84. The van der Waals surface area contributed by atoms with Crippen LogP contribution in [0.2, 0.25) is 0 Å². The minimum absolute atomic E-state index is 0.0967. The Labute approximate surface area is 141 Å². The summed E-state index contributed by atoms with van der Waals surface area (Å²) in [6.45, 7) is 5.54. The van der Waals surface area contributed by atoms with Gasteiger partial charge in [0.05, 0.1) is 11.8 Å². The predicted octanol–water partition coefficient (Wildman–Crippen LogP) is 3.36. The highest BCUT2D eigenvalue weighted by atomic mass is 19.1. The zero-order chi connectivity index (χ0) is 17.5. The highest BCUT2D eigenvalue weighted by Gasteiger charge is 2.49. The van der Waals surface area contributed by atoms with Gasteiger partial charge in [-0.05, 0) is 46.1 Å². The maximum Gasteiger partial charge on any atom is 0.410 e. The highest BCUT2D eigenvalue weighted by Crippen LogP contribution is 2.44. The van der Waals surface area contributed by atoms with Gasteiger partial charge in [0.15, 0.2) is 0 Å². The second-order valence-corrected chi connectivity index (χ2v) is 7.96. The van der Waals surface area contributed by atoms with Crippen molar-refractivity contribution in [2.45, 2.75) is 76.2 Å². The summed E-state index contributed by atoms with van der Waals surface area (Å²) in [6, 6.07) is 1.15. The average Bonchev–Trinajstić information content (AvgIpc) is 2.44. The SMILES string of the molecule is CC(C)(C)OC(=O)N1C2CCCC1CC(O)(c1cncc(F)c1)C2. The lowest BCUT2D eigenvalue weighted by Gasteiger charge is -2.51. The molecule has 24 heavy (non-hydrogen) atoms. The fourth-order valence-electron chi connectivity index (χ4n) is 3.94. The molecule has 2 bridgehead atoms. The van der Waals surface area contributed by atoms with Crippen LogP contribution in [0.25, 0.3) is 0 Å². The van der Waals surface area contributed by atoms with Crippen molar-refractivity contribution in [1.82, 2.24) is 9.88 Å². The molecule has 1 aromatic heterocycles. The summed E-state index contributed by atoms with van der Waals surface area (Å²) in [4.78, 5) is 18.2. The molecule has 2 aliphatic heterocycles. The number of hydrogen-bond acceptors (Lipinski definition) is 4. The Morgan fingerprint density at radius 3 is 2.50 bits per heavy atom. The van der Waals surface area contributed by atoms with Crippen molar-refractivity contribution in [2.24, 2.45) is 0 Å². The van der Waals surface area contributed by atoms with Crippen LogP contribution in [0.3, 0.4) is 0 Å². The minimum Gasteiger partial charge on any atom is -0.444 e. The number of halogens is 1. The summed E-state index contributed by atoms with van der Waals surface area (Å²) in [7, 11) is 0. The van der Waals surface area contributed by atoms with Crippen LogP contribution in [0.1, 0.15) is 58.4 Å². The van der Waals surface area contributed by atoms with Gasteiger partial charge < -0.3 is 14.7 Å². The largest absolute Gasteiger partial charge is 0.444 e. The minimum atomic E-state index is -1.15. The van der Waals surface area contributed by atoms with Gasteiger partial charge >= 0.3 is 6.09 Å². The van der Waals surface area contributed by atoms with Crippen LogP contribution in [0.5, 0.6) is 0 Å². The Morgan fingerprint density at radius 2 is 1.96 bits per heavy atom. The number of piperidine rings is 2. The smallest absolute Gasteiger partial charge is 0.410 e. The molecule has 0 aromatic carbocycles. The number of fused-ring (bicyclic) bond motifs is 2. The number of hydrogen-bond donors (Lipinski definition) is 1. The molecule has 1 N–H and O–H groups in total. The van der Waals surface area contributed by atoms with Gasteiger partial charge in [-0.2, -0.15) is 0 Å². The Bertz CT molecular complexity index is 615. The Kier molecular flexibility index (Phi) is 4.28. The molecule has 5 nitrogen and oxygen atoms in total. The lowest BCUT2D eigenvalue weighted by Crippen LogP contribution is -2.59. The van der Waals surface area contributed by atoms with Crippen LogP contribution in [0.15, 0.2) is 18.5 Å². The standard InChI is InChI=1S/C18H25FN2O3/c1-17(2,3)24-16(22)21-14-5-4-6-15(21)9-18(23,8-14)12-7-13(19)11-20-10-12/h7,10-11,14-15,23H,4-6,8-9H2,1-3H3. The molecule has 2 fully saturated rings. The van der Waals surface area contributed by atoms with Crippen LogP contribution >= 0.6 is 0 Å². The summed E-state index contributed by atoms with van der Waals surface area (Å²) < 4.78 is 19.1. The first-order valence-corrected chi connectivity index (χ1v) is 8.53. The Hall–Kier alpha value is -1.69. The molecule has 1 aromatic rings. The molecule has 2 aliphatic rings. The lowest BCUT2D eigenvalue weighted by molar-refractivity contribution is -0.0967. The van der Waals surface area contributed by atoms with E-state index in [1.54, 1.807) is 4.90 Å². The third kappa shape index (κ3) is 3.38. The monoisotopic (exact) mass is 336 g/mol. The zero-order valence-corrected chi connectivity index (χ0v) is 14.5. The van der Waals surface area contributed by atoms with Gasteiger partial charge in [-0.1, -0.05) is 0 Å². The number of aliphatic hydroxyl groups is 1. The first-order chi connectivity index (χ1) is 11.2. The molecular weight excluding hydrogens is 311 g/mol. The third-order valence-electron chi connectivity index (χ3n) is 4.85. The van der Waals surface area contributed by atoms with Gasteiger partial charge in [-0.25, -0.2) is 9.18 Å². The van der Waals surface area contributed by atoms with Crippen LogP contribution in [0, 0.1) is 5.82 Å². The fourth-order valence-corrected chi connectivity index (χ4v) is 3.94. The van der Waals surface area contributed by atoms with Crippen LogP contribution < -0.4 is 0 Å². The molecule has 0 saturated carbocycles. The molecule has 2 saturated heterocycles. The highest BCUT2D eigenvalue weighted by molar-refractivity contribution is 5.69. The Morgan fingerprint density at radius 1 is 1.33 bits per heavy atom. The van der Waals surface area contributed by atoms with E-state index in [0.717, 1.165) is 25.5 Å². The summed E-state index contributed by atoms with van der Waals surface area (Å²) in [6.07, 6.45) is 5.75.